The predicted molar refractivity (Wildman–Crippen MR) is 113 cm³/mol. The normalized spacial score (nSPS) is 18.7. The standard InChI is InChI=1S/C23H25FN4O4/c24-18-7-2-1-5-16(18)13-17-6-3-8-19(26-17)20-15-27(11-12-32-20)21(29)9-4-10-28-22(30)14-25-23(28)31/h1-3,5-8,20H,4,9-15H2,(H,25,31)/t20-/m0/s1. The van der Waals surface area contributed by atoms with Gasteiger partial charge in [0.1, 0.15) is 11.9 Å². The minimum absolute atomic E-state index is 0.0148. The Labute approximate surface area is 185 Å². The molecular formula is C23H25FN4O4. The van der Waals surface area contributed by atoms with Gasteiger partial charge in [0.15, 0.2) is 0 Å². The van der Waals surface area contributed by atoms with Gasteiger partial charge in [-0.3, -0.25) is 19.5 Å². The molecule has 9 heteroatoms. The summed E-state index contributed by atoms with van der Waals surface area (Å²) >= 11 is 0. The van der Waals surface area contributed by atoms with Crippen molar-refractivity contribution in [3.63, 3.8) is 0 Å². The molecule has 2 aliphatic heterocycles. The molecule has 0 radical (unpaired) electrons. The van der Waals surface area contributed by atoms with E-state index in [0.29, 0.717) is 43.8 Å². The van der Waals surface area contributed by atoms with Gasteiger partial charge in [0.2, 0.25) is 11.8 Å². The third-order valence-electron chi connectivity index (χ3n) is 5.62. The number of hydrogen-bond acceptors (Lipinski definition) is 5. The average Bonchev–Trinajstić information content (AvgIpc) is 3.13. The monoisotopic (exact) mass is 440 g/mol. The van der Waals surface area contributed by atoms with Crippen LogP contribution in [0.5, 0.6) is 0 Å². The molecule has 0 saturated carbocycles. The molecule has 2 fully saturated rings. The van der Waals surface area contributed by atoms with Crippen molar-refractivity contribution in [2.24, 2.45) is 0 Å². The van der Waals surface area contributed by atoms with Gasteiger partial charge in [0, 0.05) is 31.6 Å². The fourth-order valence-corrected chi connectivity index (χ4v) is 3.90. The van der Waals surface area contributed by atoms with Crippen molar-refractivity contribution in [2.75, 3.05) is 32.8 Å². The highest BCUT2D eigenvalue weighted by Crippen LogP contribution is 2.22. The number of aromatic nitrogens is 1. The largest absolute Gasteiger partial charge is 0.368 e. The molecule has 4 amide bonds. The van der Waals surface area contributed by atoms with Crippen molar-refractivity contribution in [2.45, 2.75) is 25.4 Å². The van der Waals surface area contributed by atoms with Gasteiger partial charge in [-0.25, -0.2) is 9.18 Å². The number of hydrogen-bond donors (Lipinski definition) is 1. The lowest BCUT2D eigenvalue weighted by atomic mass is 10.1. The van der Waals surface area contributed by atoms with Crippen LogP contribution in [-0.4, -0.2) is 65.4 Å². The quantitative estimate of drug-likeness (QED) is 0.666. The summed E-state index contributed by atoms with van der Waals surface area (Å²) in [6.07, 6.45) is 0.666. The van der Waals surface area contributed by atoms with Crippen LogP contribution in [0.2, 0.25) is 0 Å². The topological polar surface area (TPSA) is 91.8 Å². The molecule has 168 valence electrons. The van der Waals surface area contributed by atoms with E-state index in [0.717, 1.165) is 10.6 Å². The number of pyridine rings is 1. The van der Waals surface area contributed by atoms with Gasteiger partial charge in [0.25, 0.3) is 0 Å². The third kappa shape index (κ3) is 5.11. The Balaban J connectivity index is 1.33. The van der Waals surface area contributed by atoms with Gasteiger partial charge in [-0.1, -0.05) is 24.3 Å². The molecule has 1 aromatic heterocycles. The molecule has 1 aromatic carbocycles. The summed E-state index contributed by atoms with van der Waals surface area (Å²) in [7, 11) is 0. The summed E-state index contributed by atoms with van der Waals surface area (Å²) < 4.78 is 19.8. The third-order valence-corrected chi connectivity index (χ3v) is 5.62. The Kier molecular flexibility index (Phi) is 6.75. The van der Waals surface area contributed by atoms with Crippen LogP contribution in [0, 0.1) is 5.82 Å². The molecule has 2 aliphatic rings. The maximum Gasteiger partial charge on any atom is 0.324 e. The Bertz CT molecular complexity index is 999. The van der Waals surface area contributed by atoms with E-state index in [1.54, 1.807) is 23.1 Å². The van der Waals surface area contributed by atoms with Crippen molar-refractivity contribution in [3.8, 4) is 0 Å². The molecule has 0 aliphatic carbocycles. The van der Waals surface area contributed by atoms with Crippen LogP contribution < -0.4 is 5.32 Å². The highest BCUT2D eigenvalue weighted by Gasteiger charge is 2.29. The Morgan fingerprint density at radius 1 is 1.19 bits per heavy atom. The predicted octanol–water partition coefficient (Wildman–Crippen LogP) is 2.04. The lowest BCUT2D eigenvalue weighted by Crippen LogP contribution is -2.42. The van der Waals surface area contributed by atoms with Crippen molar-refractivity contribution in [1.29, 1.82) is 0 Å². The minimum atomic E-state index is -0.407. The molecule has 0 spiro atoms. The number of benzene rings is 1. The molecule has 1 N–H and O–H groups in total. The molecule has 2 aromatic rings. The molecule has 0 unspecified atom stereocenters. The summed E-state index contributed by atoms with van der Waals surface area (Å²) in [6.45, 7) is 1.48. The van der Waals surface area contributed by atoms with Crippen LogP contribution in [0.25, 0.3) is 0 Å². The van der Waals surface area contributed by atoms with E-state index in [1.165, 1.54) is 6.07 Å². The highest BCUT2D eigenvalue weighted by atomic mass is 19.1. The van der Waals surface area contributed by atoms with Crippen molar-refractivity contribution in [1.82, 2.24) is 20.1 Å². The second kappa shape index (κ2) is 9.86. The Morgan fingerprint density at radius 3 is 2.81 bits per heavy atom. The van der Waals surface area contributed by atoms with E-state index in [-0.39, 0.29) is 43.2 Å². The number of rotatable bonds is 7. The zero-order chi connectivity index (χ0) is 22.5. The Hall–Kier alpha value is -3.33. The number of morpholine rings is 1. The molecule has 32 heavy (non-hydrogen) atoms. The van der Waals surface area contributed by atoms with Gasteiger partial charge in [0.05, 0.1) is 25.4 Å². The van der Waals surface area contributed by atoms with Gasteiger partial charge < -0.3 is 15.0 Å². The summed E-state index contributed by atoms with van der Waals surface area (Å²) in [5, 5.41) is 2.47. The van der Waals surface area contributed by atoms with Crippen LogP contribution in [-0.2, 0) is 20.7 Å². The van der Waals surface area contributed by atoms with E-state index in [2.05, 4.69) is 10.3 Å². The van der Waals surface area contributed by atoms with Gasteiger partial charge >= 0.3 is 6.03 Å². The minimum Gasteiger partial charge on any atom is -0.368 e. The number of halogens is 1. The lowest BCUT2D eigenvalue weighted by Gasteiger charge is -2.33. The molecule has 8 nitrogen and oxygen atoms in total. The van der Waals surface area contributed by atoms with Crippen LogP contribution in [0.4, 0.5) is 9.18 Å². The summed E-state index contributed by atoms with van der Waals surface area (Å²) in [6, 6.07) is 11.8. The van der Waals surface area contributed by atoms with Crippen LogP contribution in [0.15, 0.2) is 42.5 Å². The molecule has 3 heterocycles. The van der Waals surface area contributed by atoms with Crippen molar-refractivity contribution < 1.29 is 23.5 Å². The first-order valence-corrected chi connectivity index (χ1v) is 10.7. The van der Waals surface area contributed by atoms with Gasteiger partial charge in [-0.05, 0) is 30.2 Å². The van der Waals surface area contributed by atoms with E-state index in [9.17, 15) is 18.8 Å². The van der Waals surface area contributed by atoms with E-state index < -0.39 is 6.03 Å². The second-order valence-electron chi connectivity index (χ2n) is 7.83. The van der Waals surface area contributed by atoms with Crippen LogP contribution >= 0.6 is 0 Å². The van der Waals surface area contributed by atoms with E-state index in [4.69, 9.17) is 4.74 Å². The van der Waals surface area contributed by atoms with Gasteiger partial charge in [-0.15, -0.1) is 0 Å². The van der Waals surface area contributed by atoms with Crippen molar-refractivity contribution >= 4 is 17.8 Å². The number of urea groups is 1. The first-order valence-electron chi connectivity index (χ1n) is 10.7. The summed E-state index contributed by atoms with van der Waals surface area (Å²) in [4.78, 5) is 43.4. The smallest absolute Gasteiger partial charge is 0.324 e. The van der Waals surface area contributed by atoms with Gasteiger partial charge in [-0.2, -0.15) is 0 Å². The fourth-order valence-electron chi connectivity index (χ4n) is 3.90. The SMILES string of the molecule is O=C(CCCN1C(=O)CNC1=O)N1CCO[C@H](c2cccc(Cc3ccccc3F)n2)C1. The first-order chi connectivity index (χ1) is 15.5. The number of amides is 4. The van der Waals surface area contributed by atoms with E-state index in [1.807, 2.05) is 18.2 Å². The number of carbonyl (C=O) groups is 3. The van der Waals surface area contributed by atoms with Crippen molar-refractivity contribution in [3.05, 3.63) is 65.2 Å². The van der Waals surface area contributed by atoms with E-state index >= 15 is 0 Å². The molecule has 4 rings (SSSR count). The molecular weight excluding hydrogens is 415 g/mol. The maximum atomic E-state index is 14.0. The number of carbonyl (C=O) groups excluding carboxylic acids is 3. The Morgan fingerprint density at radius 2 is 2.03 bits per heavy atom. The average molecular weight is 440 g/mol. The van der Waals surface area contributed by atoms with Crippen LogP contribution in [0.1, 0.15) is 35.9 Å². The number of ether oxygens (including phenoxy) is 1. The molecule has 1 atom stereocenters. The molecule has 2 saturated heterocycles. The second-order valence-corrected chi connectivity index (χ2v) is 7.83. The molecule has 0 bridgehead atoms. The zero-order valence-corrected chi connectivity index (χ0v) is 17.6. The number of nitrogens with zero attached hydrogens (tertiary/aromatic N) is 3. The highest BCUT2D eigenvalue weighted by molar-refractivity contribution is 6.01. The zero-order valence-electron chi connectivity index (χ0n) is 17.6. The summed E-state index contributed by atoms with van der Waals surface area (Å²) in [5.41, 5.74) is 2.01. The summed E-state index contributed by atoms with van der Waals surface area (Å²) in [5.74, 6) is -0.582. The number of imide groups is 1. The maximum absolute atomic E-state index is 14.0. The first kappa shape index (κ1) is 21.9. The van der Waals surface area contributed by atoms with Crippen LogP contribution in [0.3, 0.4) is 0 Å². The number of nitrogens with one attached hydrogen (secondary N) is 1. The fraction of sp³-hybridized carbons (Fsp3) is 0.391. The lowest BCUT2D eigenvalue weighted by molar-refractivity contribution is -0.139.